The van der Waals surface area contributed by atoms with Crippen LogP contribution in [0.15, 0.2) is 0 Å². The average Bonchev–Trinajstić information content (AvgIpc) is 3.05. The molecular weight excluding hydrogens is 795 g/mol. The summed E-state index contributed by atoms with van der Waals surface area (Å²) in [5, 5.41) is 0. The quantitative estimate of drug-likeness (QED) is 0.0224. The van der Waals surface area contributed by atoms with Crippen molar-refractivity contribution in [1.82, 2.24) is 0 Å². The van der Waals surface area contributed by atoms with Gasteiger partial charge in [0.05, 0.1) is 27.7 Å². The second-order valence-corrected chi connectivity index (χ2v) is 16.6. The molecule has 0 spiro atoms. The number of hydrogen-bond acceptors (Lipinski definition) is 7. The number of esters is 2. The smallest absolute Gasteiger partial charge is 0.462 e. The van der Waals surface area contributed by atoms with Crippen LogP contribution in [0, 0.1) is 0 Å². The Hall–Kier alpha value is -1.69. The molecule has 0 aromatic heterocycles. The lowest BCUT2D eigenvalue weighted by atomic mass is 10.0. The summed E-state index contributed by atoms with van der Waals surface area (Å²) in [4.78, 5) is 35.0. The lowest BCUT2D eigenvalue weighted by Gasteiger charge is -2.24. The zero-order valence-electron chi connectivity index (χ0n) is 32.9. The van der Waals surface area contributed by atoms with Crippen LogP contribution in [-0.4, -0.2) is 99.1 Å². The summed E-state index contributed by atoms with van der Waals surface area (Å²) < 4.78 is 158. The van der Waals surface area contributed by atoms with Crippen LogP contribution in [-0.2, 0) is 32.7 Å². The molecule has 0 radical (unpaired) electrons. The van der Waals surface area contributed by atoms with Crippen LogP contribution in [0.25, 0.3) is 0 Å². The summed E-state index contributed by atoms with van der Waals surface area (Å²) in [5.74, 6) is -10.6. The number of quaternary nitrogens is 1. The molecule has 334 valence electrons. The number of hydrogen-bond donors (Lipinski definition) is 1. The van der Waals surface area contributed by atoms with Gasteiger partial charge in [0.1, 0.15) is 19.8 Å². The number of ether oxygens (including phenoxy) is 2. The predicted octanol–water partition coefficient (Wildman–Crippen LogP) is 11.3. The molecule has 0 heterocycles. The third-order valence-electron chi connectivity index (χ3n) is 8.74. The first-order chi connectivity index (χ1) is 25.8. The molecule has 0 saturated heterocycles. The highest BCUT2D eigenvalue weighted by atomic mass is 31.2. The molecule has 0 amide bonds. The van der Waals surface area contributed by atoms with Crippen molar-refractivity contribution in [1.29, 1.82) is 0 Å². The van der Waals surface area contributed by atoms with E-state index in [0.717, 1.165) is 38.5 Å². The minimum Gasteiger partial charge on any atom is -0.462 e. The first kappa shape index (κ1) is 54.3. The summed E-state index contributed by atoms with van der Waals surface area (Å²) in [6.45, 7) is -0.721. The minimum absolute atomic E-state index is 0.00262. The number of alkyl halides is 10. The molecule has 0 aliphatic heterocycles. The van der Waals surface area contributed by atoms with E-state index < -0.39 is 76.1 Å². The lowest BCUT2D eigenvalue weighted by Crippen LogP contribution is -2.37. The van der Waals surface area contributed by atoms with E-state index in [1.165, 1.54) is 0 Å². The van der Waals surface area contributed by atoms with E-state index in [1.54, 1.807) is 0 Å². The van der Waals surface area contributed by atoms with Crippen molar-refractivity contribution >= 4 is 19.8 Å². The number of phosphoric ester groups is 1. The number of unbranched alkanes of at least 4 members (excludes halogenated alkanes) is 16. The Labute approximate surface area is 324 Å². The summed E-state index contributed by atoms with van der Waals surface area (Å²) in [5.41, 5.74) is 0. The van der Waals surface area contributed by atoms with Crippen LogP contribution in [0.5, 0.6) is 0 Å². The molecular formula is C36H63F10NO8P+. The third kappa shape index (κ3) is 28.7. The van der Waals surface area contributed by atoms with Gasteiger partial charge >= 0.3 is 44.0 Å². The highest BCUT2D eigenvalue weighted by molar-refractivity contribution is 7.47. The van der Waals surface area contributed by atoms with Gasteiger partial charge < -0.3 is 18.9 Å². The molecule has 0 aromatic carbocycles. The topological polar surface area (TPSA) is 108 Å². The van der Waals surface area contributed by atoms with Gasteiger partial charge in [-0.25, -0.2) is 4.57 Å². The molecule has 0 saturated carbocycles. The van der Waals surface area contributed by atoms with E-state index in [2.05, 4.69) is 0 Å². The Morgan fingerprint density at radius 2 is 0.911 bits per heavy atom. The van der Waals surface area contributed by atoms with Crippen molar-refractivity contribution in [3.63, 3.8) is 0 Å². The third-order valence-corrected chi connectivity index (χ3v) is 9.73. The maximum Gasteiger partial charge on any atom is 0.472 e. The number of rotatable bonds is 34. The number of phosphoric acid groups is 1. The Kier molecular flexibility index (Phi) is 26.3. The molecule has 0 aliphatic carbocycles. The summed E-state index contributed by atoms with van der Waals surface area (Å²) in [7, 11) is 1.04. The van der Waals surface area contributed by atoms with E-state index in [0.29, 0.717) is 62.4 Å². The molecule has 0 aliphatic rings. The summed E-state index contributed by atoms with van der Waals surface area (Å²) in [6.07, 6.45) is -5.18. The minimum atomic E-state index is -5.53. The normalized spacial score (nSPS) is 14.8. The van der Waals surface area contributed by atoms with Gasteiger partial charge in [0.2, 0.25) is 0 Å². The van der Waals surface area contributed by atoms with E-state index in [9.17, 15) is 63.0 Å². The van der Waals surface area contributed by atoms with E-state index in [-0.39, 0.29) is 45.1 Å². The zero-order chi connectivity index (χ0) is 42.9. The van der Waals surface area contributed by atoms with Gasteiger partial charge in [-0.3, -0.25) is 18.6 Å². The Balaban J connectivity index is 4.48. The molecule has 1 unspecified atom stereocenters. The molecule has 9 nitrogen and oxygen atoms in total. The monoisotopic (exact) mass is 858 g/mol. The van der Waals surface area contributed by atoms with Gasteiger partial charge in [0, 0.05) is 25.7 Å². The van der Waals surface area contributed by atoms with Crippen molar-refractivity contribution in [2.45, 2.75) is 172 Å². The fourth-order valence-electron chi connectivity index (χ4n) is 5.25. The highest BCUT2D eigenvalue weighted by Crippen LogP contribution is 2.43. The largest absolute Gasteiger partial charge is 0.472 e. The Morgan fingerprint density at radius 3 is 1.29 bits per heavy atom. The molecule has 0 aromatic rings. The number of likely N-dealkylation sites (N-methyl/N-ethyl adjacent to an activating group) is 1. The molecule has 56 heavy (non-hydrogen) atoms. The van der Waals surface area contributed by atoms with E-state index in [4.69, 9.17) is 18.5 Å². The molecule has 2 atom stereocenters. The number of carbonyl (C=O) groups is 2. The van der Waals surface area contributed by atoms with Gasteiger partial charge in [-0.05, 0) is 25.7 Å². The van der Waals surface area contributed by atoms with Gasteiger partial charge in [0.15, 0.2) is 6.10 Å². The van der Waals surface area contributed by atoms with E-state index in [1.807, 2.05) is 21.1 Å². The lowest BCUT2D eigenvalue weighted by molar-refractivity contribution is -0.870. The first-order valence-electron chi connectivity index (χ1n) is 19.4. The van der Waals surface area contributed by atoms with Gasteiger partial charge in [0.25, 0.3) is 0 Å². The Bertz CT molecular complexity index is 1120. The van der Waals surface area contributed by atoms with Crippen molar-refractivity contribution in [2.24, 2.45) is 0 Å². The van der Waals surface area contributed by atoms with Crippen molar-refractivity contribution in [3.8, 4) is 0 Å². The number of nitrogens with zero attached hydrogens (tertiary/aromatic N) is 1. The summed E-state index contributed by atoms with van der Waals surface area (Å²) >= 11 is 0. The molecule has 20 heteroatoms. The number of halogens is 10. The second kappa shape index (κ2) is 27.1. The predicted molar refractivity (Wildman–Crippen MR) is 189 cm³/mol. The van der Waals surface area contributed by atoms with Crippen LogP contribution >= 0.6 is 7.82 Å². The van der Waals surface area contributed by atoms with Crippen LogP contribution < -0.4 is 0 Å². The standard InChI is InChI=1S/C36H62F10NO8P/c1-47(2,3)26-27-53-56(50,51)54-29-30(55-32(49)23-19-15-11-7-5-9-13-17-21-25-34(39,40)36(44,45)46)28-52-31(48)22-18-14-10-6-4-8-12-16-20-24-33(37,38)35(41,42)43/h30H,4-29H2,1-3H3/p+1/t30-/m1/s1. The van der Waals surface area contributed by atoms with Gasteiger partial charge in [-0.15, -0.1) is 0 Å². The number of carbonyl (C=O) groups excluding carboxylic acids is 2. The maximum atomic E-state index is 12.9. The average molecular weight is 859 g/mol. The summed E-state index contributed by atoms with van der Waals surface area (Å²) in [6, 6.07) is 0. The van der Waals surface area contributed by atoms with Crippen LogP contribution in [0.1, 0.15) is 141 Å². The van der Waals surface area contributed by atoms with Crippen LogP contribution in [0.4, 0.5) is 43.9 Å². The second-order valence-electron chi connectivity index (χ2n) is 15.2. The zero-order valence-corrected chi connectivity index (χ0v) is 33.8. The maximum absolute atomic E-state index is 12.9. The van der Waals surface area contributed by atoms with E-state index >= 15 is 0 Å². The van der Waals surface area contributed by atoms with Crippen molar-refractivity contribution < 1.29 is 86.0 Å². The van der Waals surface area contributed by atoms with Crippen LogP contribution in [0.2, 0.25) is 0 Å². The van der Waals surface area contributed by atoms with Crippen molar-refractivity contribution in [2.75, 3.05) is 47.5 Å². The fraction of sp³-hybridized carbons (Fsp3) is 0.944. The molecule has 0 bridgehead atoms. The van der Waals surface area contributed by atoms with Gasteiger partial charge in [-0.1, -0.05) is 89.9 Å². The van der Waals surface area contributed by atoms with Gasteiger partial charge in [-0.2, -0.15) is 43.9 Å². The fourth-order valence-corrected chi connectivity index (χ4v) is 6.00. The first-order valence-corrected chi connectivity index (χ1v) is 20.9. The molecule has 1 N–H and O–H groups in total. The molecule has 0 rings (SSSR count). The SMILES string of the molecule is C[N+](C)(C)CCOP(=O)(O)OC[C@@H](COC(=O)CCCCCCCCCCCC(F)(F)C(F)(F)F)OC(=O)CCCCCCCCCCCC(F)(F)C(F)(F)F. The molecule has 0 fully saturated rings. The van der Waals surface area contributed by atoms with Crippen molar-refractivity contribution in [3.05, 3.63) is 0 Å². The highest BCUT2D eigenvalue weighted by Gasteiger charge is 2.57. The Morgan fingerprint density at radius 1 is 0.554 bits per heavy atom. The van der Waals surface area contributed by atoms with Crippen LogP contribution in [0.3, 0.4) is 0 Å².